The van der Waals surface area contributed by atoms with Crippen molar-refractivity contribution in [2.24, 2.45) is 29.6 Å². The van der Waals surface area contributed by atoms with Crippen molar-refractivity contribution in [3.05, 3.63) is 0 Å². The molecule has 0 aromatic heterocycles. The van der Waals surface area contributed by atoms with E-state index in [9.17, 15) is 0 Å². The molecule has 3 rings (SSSR count). The molecule has 3 aliphatic rings. The first-order chi connectivity index (χ1) is 13.3. The van der Waals surface area contributed by atoms with Crippen LogP contribution in [0.3, 0.4) is 0 Å². The number of unbranched alkanes of at least 4 members (excludes halogenated alkanes) is 2. The zero-order valence-electron chi connectivity index (χ0n) is 18.6. The molecule has 0 N–H and O–H groups in total. The highest BCUT2D eigenvalue weighted by Crippen LogP contribution is 2.46. The van der Waals surface area contributed by atoms with Gasteiger partial charge in [-0.2, -0.15) is 0 Å². The van der Waals surface area contributed by atoms with E-state index in [1.807, 2.05) is 0 Å². The summed E-state index contributed by atoms with van der Waals surface area (Å²) in [6, 6.07) is 0. The van der Waals surface area contributed by atoms with E-state index in [0.717, 1.165) is 36.2 Å². The summed E-state index contributed by atoms with van der Waals surface area (Å²) in [6.45, 7) is 5.55. The minimum absolute atomic E-state index is 0.587. The fourth-order valence-electron chi connectivity index (χ4n) is 6.76. The van der Waals surface area contributed by atoms with Crippen molar-refractivity contribution in [2.75, 3.05) is 6.61 Å². The van der Waals surface area contributed by atoms with Gasteiger partial charge >= 0.3 is 0 Å². The van der Waals surface area contributed by atoms with Crippen molar-refractivity contribution < 1.29 is 4.74 Å². The SMILES string of the molecule is CCCCCC1CCC(C2CCC([C@H]3CCC[C@@H](OCCC)C3)CC2)CC1. The van der Waals surface area contributed by atoms with E-state index in [4.69, 9.17) is 4.74 Å². The molecule has 0 spiro atoms. The third-order valence-electron chi connectivity index (χ3n) is 8.48. The van der Waals surface area contributed by atoms with Crippen LogP contribution in [0.2, 0.25) is 0 Å². The largest absolute Gasteiger partial charge is 0.378 e. The van der Waals surface area contributed by atoms with Crippen molar-refractivity contribution in [2.45, 2.75) is 129 Å². The fraction of sp³-hybridized carbons (Fsp3) is 1.00. The molecule has 0 bridgehead atoms. The molecule has 0 heterocycles. The molecule has 1 nitrogen and oxygen atoms in total. The molecule has 0 saturated heterocycles. The normalized spacial score (nSPS) is 38.0. The average Bonchev–Trinajstić information content (AvgIpc) is 2.73. The standard InChI is InChI=1S/C26H48O/c1-3-5-6-8-21-11-13-22(14-12-21)23-15-17-24(18-16-23)25-9-7-10-26(20-25)27-19-4-2/h21-26H,3-20H2,1-2H3/t21?,22?,23?,24?,25-,26+/m0/s1. The van der Waals surface area contributed by atoms with Crippen LogP contribution in [0.5, 0.6) is 0 Å². The van der Waals surface area contributed by atoms with E-state index in [2.05, 4.69) is 13.8 Å². The molecule has 3 fully saturated rings. The first kappa shape index (κ1) is 21.7. The Morgan fingerprint density at radius 3 is 1.89 bits per heavy atom. The van der Waals surface area contributed by atoms with Crippen molar-refractivity contribution in [1.29, 1.82) is 0 Å². The molecule has 158 valence electrons. The lowest BCUT2D eigenvalue weighted by Gasteiger charge is -2.41. The molecule has 0 amide bonds. The molecular weight excluding hydrogens is 328 g/mol. The van der Waals surface area contributed by atoms with Gasteiger partial charge in [0.25, 0.3) is 0 Å². The molecule has 0 aromatic rings. The summed E-state index contributed by atoms with van der Waals surface area (Å²) in [7, 11) is 0. The van der Waals surface area contributed by atoms with Crippen LogP contribution in [-0.4, -0.2) is 12.7 Å². The topological polar surface area (TPSA) is 9.23 Å². The smallest absolute Gasteiger partial charge is 0.0577 e. The molecule has 3 aliphatic carbocycles. The maximum absolute atomic E-state index is 6.11. The summed E-state index contributed by atoms with van der Waals surface area (Å²) in [5.41, 5.74) is 0. The van der Waals surface area contributed by atoms with Crippen LogP contribution in [0, 0.1) is 29.6 Å². The summed E-state index contributed by atoms with van der Waals surface area (Å²) in [4.78, 5) is 0. The average molecular weight is 377 g/mol. The van der Waals surface area contributed by atoms with E-state index in [1.54, 1.807) is 38.5 Å². The summed E-state index contributed by atoms with van der Waals surface area (Å²) in [6.07, 6.45) is 25.6. The Hall–Kier alpha value is -0.0400. The van der Waals surface area contributed by atoms with Gasteiger partial charge in [-0.1, -0.05) is 58.8 Å². The zero-order valence-corrected chi connectivity index (χ0v) is 18.6. The summed E-state index contributed by atoms with van der Waals surface area (Å²) in [5, 5.41) is 0. The molecule has 1 heteroatoms. The van der Waals surface area contributed by atoms with Crippen molar-refractivity contribution in [3.63, 3.8) is 0 Å². The highest BCUT2D eigenvalue weighted by molar-refractivity contribution is 4.86. The van der Waals surface area contributed by atoms with Gasteiger partial charge in [0, 0.05) is 6.61 Å². The highest BCUT2D eigenvalue weighted by atomic mass is 16.5. The van der Waals surface area contributed by atoms with E-state index >= 15 is 0 Å². The summed E-state index contributed by atoms with van der Waals surface area (Å²) < 4.78 is 6.11. The van der Waals surface area contributed by atoms with Crippen LogP contribution in [0.25, 0.3) is 0 Å². The lowest BCUT2D eigenvalue weighted by atomic mass is 9.65. The zero-order chi connectivity index (χ0) is 18.9. The Bertz CT molecular complexity index is 376. The molecule has 3 saturated carbocycles. The summed E-state index contributed by atoms with van der Waals surface area (Å²) >= 11 is 0. The Kier molecular flexibility index (Phi) is 9.50. The second-order valence-electron chi connectivity index (χ2n) is 10.4. The van der Waals surface area contributed by atoms with Crippen LogP contribution in [0.1, 0.15) is 123 Å². The maximum Gasteiger partial charge on any atom is 0.0577 e. The minimum atomic E-state index is 0.587. The van der Waals surface area contributed by atoms with Gasteiger partial charge < -0.3 is 4.74 Å². The third-order valence-corrected chi connectivity index (χ3v) is 8.48. The molecule has 2 atom stereocenters. The lowest BCUT2D eigenvalue weighted by Crippen LogP contribution is -2.32. The Labute approximate surface area is 170 Å². The Morgan fingerprint density at radius 1 is 0.630 bits per heavy atom. The van der Waals surface area contributed by atoms with Crippen LogP contribution >= 0.6 is 0 Å². The van der Waals surface area contributed by atoms with Gasteiger partial charge in [0.1, 0.15) is 0 Å². The van der Waals surface area contributed by atoms with Gasteiger partial charge in [0.05, 0.1) is 6.10 Å². The van der Waals surface area contributed by atoms with Gasteiger partial charge in [-0.3, -0.25) is 0 Å². The molecule has 0 radical (unpaired) electrons. The number of ether oxygens (including phenoxy) is 1. The van der Waals surface area contributed by atoms with E-state index in [1.165, 1.54) is 70.6 Å². The second kappa shape index (κ2) is 11.8. The van der Waals surface area contributed by atoms with Gasteiger partial charge in [0.2, 0.25) is 0 Å². The monoisotopic (exact) mass is 376 g/mol. The minimum Gasteiger partial charge on any atom is -0.378 e. The van der Waals surface area contributed by atoms with Gasteiger partial charge in [-0.05, 0) is 93.8 Å². The molecular formula is C26H48O. The lowest BCUT2D eigenvalue weighted by molar-refractivity contribution is -0.00367. The van der Waals surface area contributed by atoms with E-state index in [-0.39, 0.29) is 0 Å². The number of rotatable bonds is 9. The second-order valence-corrected chi connectivity index (χ2v) is 10.4. The Morgan fingerprint density at radius 2 is 1.26 bits per heavy atom. The number of hydrogen-bond acceptors (Lipinski definition) is 1. The maximum atomic E-state index is 6.11. The molecule has 0 aliphatic heterocycles. The predicted molar refractivity (Wildman–Crippen MR) is 117 cm³/mol. The van der Waals surface area contributed by atoms with Gasteiger partial charge in [-0.15, -0.1) is 0 Å². The Balaban J connectivity index is 1.34. The first-order valence-corrected chi connectivity index (χ1v) is 12.9. The summed E-state index contributed by atoms with van der Waals surface area (Å²) in [5.74, 6) is 5.25. The van der Waals surface area contributed by atoms with Crippen LogP contribution in [0.4, 0.5) is 0 Å². The fourth-order valence-corrected chi connectivity index (χ4v) is 6.76. The van der Waals surface area contributed by atoms with E-state index < -0.39 is 0 Å². The molecule has 27 heavy (non-hydrogen) atoms. The molecule has 0 unspecified atom stereocenters. The van der Waals surface area contributed by atoms with Crippen molar-refractivity contribution in [1.82, 2.24) is 0 Å². The van der Waals surface area contributed by atoms with E-state index in [0.29, 0.717) is 6.10 Å². The van der Waals surface area contributed by atoms with Crippen LogP contribution in [-0.2, 0) is 4.74 Å². The van der Waals surface area contributed by atoms with Crippen LogP contribution in [0.15, 0.2) is 0 Å². The first-order valence-electron chi connectivity index (χ1n) is 12.9. The van der Waals surface area contributed by atoms with Gasteiger partial charge in [-0.25, -0.2) is 0 Å². The van der Waals surface area contributed by atoms with Crippen molar-refractivity contribution >= 4 is 0 Å². The van der Waals surface area contributed by atoms with Gasteiger partial charge in [0.15, 0.2) is 0 Å². The van der Waals surface area contributed by atoms with Crippen molar-refractivity contribution in [3.8, 4) is 0 Å². The molecule has 0 aromatic carbocycles. The number of hydrogen-bond donors (Lipinski definition) is 0. The predicted octanol–water partition coefficient (Wildman–Crippen LogP) is 8.16. The highest BCUT2D eigenvalue weighted by Gasteiger charge is 2.35. The third kappa shape index (κ3) is 6.76. The quantitative estimate of drug-likeness (QED) is 0.369. The van der Waals surface area contributed by atoms with Crippen LogP contribution < -0.4 is 0 Å².